The van der Waals surface area contributed by atoms with E-state index < -0.39 is 35.2 Å². The summed E-state index contributed by atoms with van der Waals surface area (Å²) in [6.45, 7) is 6.94. The predicted molar refractivity (Wildman–Crippen MR) is 104 cm³/mol. The molecule has 0 radical (unpaired) electrons. The molecule has 1 saturated heterocycles. The molecule has 1 aromatic rings. The fourth-order valence-corrected chi connectivity index (χ4v) is 3.39. The van der Waals surface area contributed by atoms with Gasteiger partial charge >= 0.3 is 6.09 Å². The van der Waals surface area contributed by atoms with Crippen LogP contribution < -0.4 is 0 Å². The number of nitrogens with zero attached hydrogens (tertiary/aromatic N) is 1. The lowest BCUT2D eigenvalue weighted by Crippen LogP contribution is -2.53. The van der Waals surface area contributed by atoms with Crippen molar-refractivity contribution in [1.29, 1.82) is 0 Å². The van der Waals surface area contributed by atoms with Crippen LogP contribution in [0.1, 0.15) is 52.5 Å². The Hall–Kier alpha value is -2.32. The molecule has 1 heterocycles. The van der Waals surface area contributed by atoms with Gasteiger partial charge in [0.25, 0.3) is 0 Å². The van der Waals surface area contributed by atoms with Gasteiger partial charge in [-0.2, -0.15) is 0 Å². The van der Waals surface area contributed by atoms with E-state index in [1.165, 1.54) is 4.90 Å². The first-order valence-electron chi connectivity index (χ1n) is 9.33. The zero-order valence-electron chi connectivity index (χ0n) is 16.6. The Labute approximate surface area is 161 Å². The van der Waals surface area contributed by atoms with Crippen molar-refractivity contribution in [3.05, 3.63) is 35.9 Å². The lowest BCUT2D eigenvalue weighted by molar-refractivity contribution is -0.145. The number of benzene rings is 1. The number of cyclic esters (lactones) is 1. The van der Waals surface area contributed by atoms with Crippen LogP contribution >= 0.6 is 0 Å². The van der Waals surface area contributed by atoms with E-state index in [9.17, 15) is 14.7 Å². The minimum Gasteiger partial charge on any atom is -0.441 e. The minimum absolute atomic E-state index is 0.401. The summed E-state index contributed by atoms with van der Waals surface area (Å²) in [6, 6.07) is 9.24. The largest absolute Gasteiger partial charge is 0.441 e. The molecule has 146 valence electrons. The third-order valence-corrected chi connectivity index (χ3v) is 5.33. The molecule has 1 N–H and O–H groups in total. The molecule has 1 aliphatic heterocycles. The highest BCUT2D eigenvalue weighted by Gasteiger charge is 2.54. The first-order valence-corrected chi connectivity index (χ1v) is 9.33. The average Bonchev–Trinajstić information content (AvgIpc) is 2.83. The first kappa shape index (κ1) is 21.0. The van der Waals surface area contributed by atoms with Gasteiger partial charge in [-0.25, -0.2) is 9.69 Å². The van der Waals surface area contributed by atoms with Gasteiger partial charge in [0.05, 0.1) is 17.6 Å². The van der Waals surface area contributed by atoms with Crippen molar-refractivity contribution in [3.63, 3.8) is 0 Å². The molecule has 0 unspecified atom stereocenters. The van der Waals surface area contributed by atoms with Crippen LogP contribution in [-0.4, -0.2) is 39.8 Å². The molecule has 2 amide bonds. The van der Waals surface area contributed by atoms with E-state index in [2.05, 4.69) is 5.92 Å². The maximum atomic E-state index is 13.3. The van der Waals surface area contributed by atoms with Gasteiger partial charge in [0.2, 0.25) is 5.91 Å². The molecule has 0 aliphatic carbocycles. The standard InChI is InChI=1S/C22H29NO4/c1-6-7-9-14-18(24)21(2,3)19(25)23-17(22(4,5)27-20(23)26)15-16-12-10-8-11-13-16/h1,8,10-13,17-18,24H,7,9,14-15H2,2-5H3/t17-,18-/m0/s1. The molecule has 0 saturated carbocycles. The minimum atomic E-state index is -1.12. The van der Waals surface area contributed by atoms with Crippen LogP contribution in [0.25, 0.3) is 0 Å². The fourth-order valence-electron chi connectivity index (χ4n) is 3.39. The molecule has 1 fully saturated rings. The molecule has 0 bridgehead atoms. The molecule has 2 atom stereocenters. The van der Waals surface area contributed by atoms with Gasteiger partial charge < -0.3 is 9.84 Å². The quantitative estimate of drug-likeness (QED) is 0.588. The number of imide groups is 1. The van der Waals surface area contributed by atoms with E-state index >= 15 is 0 Å². The van der Waals surface area contributed by atoms with E-state index in [-0.39, 0.29) is 0 Å². The molecule has 2 rings (SSSR count). The Bertz CT molecular complexity index is 718. The molecule has 5 nitrogen and oxygen atoms in total. The van der Waals surface area contributed by atoms with Crippen LogP contribution in [0.15, 0.2) is 30.3 Å². The van der Waals surface area contributed by atoms with Gasteiger partial charge in [-0.3, -0.25) is 4.79 Å². The van der Waals surface area contributed by atoms with Crippen molar-refractivity contribution in [1.82, 2.24) is 4.90 Å². The topological polar surface area (TPSA) is 66.8 Å². The van der Waals surface area contributed by atoms with Gasteiger partial charge in [-0.15, -0.1) is 12.3 Å². The highest BCUT2D eigenvalue weighted by molar-refractivity contribution is 5.97. The summed E-state index contributed by atoms with van der Waals surface area (Å²) < 4.78 is 5.50. The Kier molecular flexibility index (Phi) is 6.33. The summed E-state index contributed by atoms with van der Waals surface area (Å²) in [5, 5.41) is 10.6. The third kappa shape index (κ3) is 4.51. The van der Waals surface area contributed by atoms with Crippen molar-refractivity contribution in [3.8, 4) is 12.3 Å². The first-order chi connectivity index (χ1) is 12.6. The van der Waals surface area contributed by atoms with E-state index in [0.29, 0.717) is 25.7 Å². The van der Waals surface area contributed by atoms with Gasteiger partial charge in [0, 0.05) is 6.42 Å². The Balaban J connectivity index is 2.25. The second-order valence-corrected chi connectivity index (χ2v) is 8.19. The second-order valence-electron chi connectivity index (χ2n) is 8.19. The van der Waals surface area contributed by atoms with Crippen molar-refractivity contribution in [2.24, 2.45) is 5.41 Å². The fraction of sp³-hybridized carbons (Fsp3) is 0.545. The van der Waals surface area contributed by atoms with Crippen LogP contribution in [0.2, 0.25) is 0 Å². The number of carbonyl (C=O) groups is 2. The number of ether oxygens (including phenoxy) is 1. The molecule has 27 heavy (non-hydrogen) atoms. The number of aliphatic hydroxyl groups excluding tert-OH is 1. The Morgan fingerprint density at radius 1 is 1.37 bits per heavy atom. The molecular weight excluding hydrogens is 342 g/mol. The number of rotatable bonds is 7. The monoisotopic (exact) mass is 371 g/mol. The average molecular weight is 371 g/mol. The van der Waals surface area contributed by atoms with Crippen LogP contribution in [0.3, 0.4) is 0 Å². The summed E-state index contributed by atoms with van der Waals surface area (Å²) >= 11 is 0. The van der Waals surface area contributed by atoms with Gasteiger partial charge in [0.1, 0.15) is 5.60 Å². The van der Waals surface area contributed by atoms with Crippen molar-refractivity contribution in [2.45, 2.75) is 71.1 Å². The lowest BCUT2D eigenvalue weighted by Gasteiger charge is -2.35. The zero-order chi connectivity index (χ0) is 20.2. The highest BCUT2D eigenvalue weighted by atomic mass is 16.6. The highest BCUT2D eigenvalue weighted by Crippen LogP contribution is 2.37. The Morgan fingerprint density at radius 2 is 2.00 bits per heavy atom. The number of aliphatic hydroxyl groups is 1. The normalized spacial score (nSPS) is 20.1. The summed E-state index contributed by atoms with van der Waals surface area (Å²) in [5.74, 6) is 2.11. The van der Waals surface area contributed by atoms with Crippen LogP contribution in [0.4, 0.5) is 4.79 Å². The van der Waals surface area contributed by atoms with Crippen molar-refractivity contribution in [2.75, 3.05) is 0 Å². The van der Waals surface area contributed by atoms with E-state index in [1.807, 2.05) is 44.2 Å². The summed E-state index contributed by atoms with van der Waals surface area (Å²) in [4.78, 5) is 27.0. The number of hydrogen-bond acceptors (Lipinski definition) is 4. The van der Waals surface area contributed by atoms with Gasteiger partial charge in [-0.1, -0.05) is 30.3 Å². The summed E-state index contributed by atoms with van der Waals surface area (Å²) in [6.07, 6.45) is 5.76. The second kappa shape index (κ2) is 8.14. The molecule has 0 spiro atoms. The molecular formula is C22H29NO4. The van der Waals surface area contributed by atoms with Gasteiger partial charge in [-0.05, 0) is 52.5 Å². The van der Waals surface area contributed by atoms with Crippen LogP contribution in [0.5, 0.6) is 0 Å². The van der Waals surface area contributed by atoms with Crippen molar-refractivity contribution < 1.29 is 19.4 Å². The molecule has 1 aliphatic rings. The maximum Gasteiger partial charge on any atom is 0.417 e. The number of hydrogen-bond donors (Lipinski definition) is 1. The zero-order valence-corrected chi connectivity index (χ0v) is 16.6. The molecule has 5 heteroatoms. The third-order valence-electron chi connectivity index (χ3n) is 5.33. The number of terminal acetylenes is 1. The Morgan fingerprint density at radius 3 is 2.59 bits per heavy atom. The SMILES string of the molecule is C#CCCC[C@H](O)C(C)(C)C(=O)N1C(=O)OC(C)(C)[C@@H]1Cc1ccccc1. The summed E-state index contributed by atoms with van der Waals surface area (Å²) in [5.41, 5.74) is -0.921. The van der Waals surface area contributed by atoms with E-state index in [4.69, 9.17) is 11.2 Å². The number of amides is 2. The van der Waals surface area contributed by atoms with E-state index in [1.54, 1.807) is 13.8 Å². The molecule has 0 aromatic heterocycles. The summed E-state index contributed by atoms with van der Waals surface area (Å²) in [7, 11) is 0. The van der Waals surface area contributed by atoms with Crippen LogP contribution in [-0.2, 0) is 16.0 Å². The van der Waals surface area contributed by atoms with Crippen LogP contribution in [0, 0.1) is 17.8 Å². The van der Waals surface area contributed by atoms with Gasteiger partial charge in [0.15, 0.2) is 0 Å². The number of carbonyl (C=O) groups excluding carboxylic acids is 2. The lowest BCUT2D eigenvalue weighted by atomic mass is 9.81. The maximum absolute atomic E-state index is 13.3. The van der Waals surface area contributed by atoms with Crippen molar-refractivity contribution >= 4 is 12.0 Å². The number of unbranched alkanes of at least 4 members (excludes halogenated alkanes) is 1. The smallest absolute Gasteiger partial charge is 0.417 e. The van der Waals surface area contributed by atoms with E-state index in [0.717, 1.165) is 5.56 Å². The predicted octanol–water partition coefficient (Wildman–Crippen LogP) is 3.55. The molecule has 1 aromatic carbocycles.